The fourth-order valence-corrected chi connectivity index (χ4v) is 3.47. The summed E-state index contributed by atoms with van der Waals surface area (Å²) in [6, 6.07) is 8.83. The third-order valence-electron chi connectivity index (χ3n) is 3.97. The van der Waals surface area contributed by atoms with Crippen molar-refractivity contribution in [2.45, 2.75) is 34.1 Å². The maximum atomic E-state index is 12.5. The zero-order valence-corrected chi connectivity index (χ0v) is 20.5. The normalized spacial score (nSPS) is 10.7. The number of hydrogen-bond acceptors (Lipinski definition) is 6. The molecular weight excluding hydrogens is 511 g/mol. The Bertz CT molecular complexity index is 902. The van der Waals surface area contributed by atoms with Crippen LogP contribution in [0.3, 0.4) is 0 Å². The van der Waals surface area contributed by atoms with Crippen LogP contribution in [0, 0.1) is 3.57 Å². The predicted molar refractivity (Wildman–Crippen MR) is 130 cm³/mol. The van der Waals surface area contributed by atoms with Crippen LogP contribution in [0.1, 0.15) is 50.0 Å². The smallest absolute Gasteiger partial charge is 0.271 e. The van der Waals surface area contributed by atoms with E-state index in [1.807, 2.05) is 39.8 Å². The van der Waals surface area contributed by atoms with Crippen LogP contribution in [0.15, 0.2) is 35.4 Å². The third-order valence-corrected chi connectivity index (χ3v) is 4.77. The monoisotopic (exact) mass is 540 g/mol. The summed E-state index contributed by atoms with van der Waals surface area (Å²) in [4.78, 5) is 12.5. The summed E-state index contributed by atoms with van der Waals surface area (Å²) >= 11 is 2.19. The minimum Gasteiger partial charge on any atom is -0.490 e. The maximum Gasteiger partial charge on any atom is 0.271 e. The number of nitrogens with one attached hydrogen (secondary N) is 1. The highest BCUT2D eigenvalue weighted by Crippen LogP contribution is 2.34. The number of rotatable bonds is 12. The highest BCUT2D eigenvalue weighted by atomic mass is 127. The maximum absolute atomic E-state index is 12.5. The summed E-state index contributed by atoms with van der Waals surface area (Å²) in [6.07, 6.45) is 2.46. The topological polar surface area (TPSA) is 78.4 Å². The second kappa shape index (κ2) is 13.0. The Morgan fingerprint density at radius 1 is 0.935 bits per heavy atom. The van der Waals surface area contributed by atoms with Crippen LogP contribution in [0.25, 0.3) is 0 Å². The molecule has 0 aromatic heterocycles. The largest absolute Gasteiger partial charge is 0.490 e. The van der Waals surface area contributed by atoms with Crippen molar-refractivity contribution in [3.05, 3.63) is 45.0 Å². The Morgan fingerprint density at radius 3 is 2.32 bits per heavy atom. The fourth-order valence-electron chi connectivity index (χ4n) is 2.69. The molecule has 0 heterocycles. The molecule has 8 heteroatoms. The van der Waals surface area contributed by atoms with Gasteiger partial charge in [0.05, 0.1) is 36.2 Å². The van der Waals surface area contributed by atoms with E-state index in [0.717, 1.165) is 15.6 Å². The Labute approximate surface area is 197 Å². The Hall–Kier alpha value is -2.49. The van der Waals surface area contributed by atoms with E-state index in [1.54, 1.807) is 24.4 Å². The summed E-state index contributed by atoms with van der Waals surface area (Å²) in [5, 5.41) is 4.09. The summed E-state index contributed by atoms with van der Waals surface area (Å²) in [6.45, 7) is 9.89. The average Bonchev–Trinajstić information content (AvgIpc) is 2.75. The fraction of sp³-hybridized carbons (Fsp3) is 0.391. The van der Waals surface area contributed by atoms with Gasteiger partial charge < -0.3 is 18.9 Å². The second-order valence-electron chi connectivity index (χ2n) is 6.34. The molecule has 2 rings (SSSR count). The molecule has 0 saturated heterocycles. The van der Waals surface area contributed by atoms with Crippen LogP contribution in [-0.4, -0.2) is 38.5 Å². The van der Waals surface area contributed by atoms with E-state index in [9.17, 15) is 4.79 Å². The van der Waals surface area contributed by atoms with Gasteiger partial charge in [-0.05, 0) is 85.7 Å². The predicted octanol–water partition coefficient (Wildman–Crippen LogP) is 5.04. The van der Waals surface area contributed by atoms with Gasteiger partial charge in [0, 0.05) is 5.56 Å². The number of amides is 1. The van der Waals surface area contributed by atoms with Gasteiger partial charge in [0.25, 0.3) is 5.91 Å². The lowest BCUT2D eigenvalue weighted by molar-refractivity contribution is 0.0954. The molecular formula is C23H29IN2O5. The van der Waals surface area contributed by atoms with Crippen molar-refractivity contribution in [1.29, 1.82) is 0 Å². The number of benzene rings is 2. The first-order valence-electron chi connectivity index (χ1n) is 10.4. The number of halogens is 1. The first-order chi connectivity index (χ1) is 15.0. The second-order valence-corrected chi connectivity index (χ2v) is 7.50. The Kier molecular flexibility index (Phi) is 10.4. The lowest BCUT2D eigenvalue weighted by Crippen LogP contribution is -2.18. The van der Waals surface area contributed by atoms with Gasteiger partial charge in [0.1, 0.15) is 0 Å². The van der Waals surface area contributed by atoms with Gasteiger partial charge in [0.2, 0.25) is 0 Å². The van der Waals surface area contributed by atoms with Crippen LogP contribution in [0.4, 0.5) is 0 Å². The molecule has 0 radical (unpaired) electrons. The van der Waals surface area contributed by atoms with E-state index in [0.29, 0.717) is 55.0 Å². The zero-order chi connectivity index (χ0) is 22.6. The molecule has 0 saturated carbocycles. The Morgan fingerprint density at radius 2 is 1.65 bits per heavy atom. The van der Waals surface area contributed by atoms with Crippen molar-refractivity contribution in [2.24, 2.45) is 5.10 Å². The molecule has 1 amide bonds. The van der Waals surface area contributed by atoms with Crippen molar-refractivity contribution in [2.75, 3.05) is 26.4 Å². The van der Waals surface area contributed by atoms with Crippen molar-refractivity contribution >= 4 is 34.7 Å². The van der Waals surface area contributed by atoms with Gasteiger partial charge in [-0.1, -0.05) is 6.92 Å². The van der Waals surface area contributed by atoms with Crippen LogP contribution >= 0.6 is 22.6 Å². The quantitative estimate of drug-likeness (QED) is 0.232. The standard InChI is InChI=1S/C23H29IN2O5/c1-5-11-31-19-10-9-17(14-20(19)28-6-2)23(27)26-25-15-16-12-18(24)22(30-8-4)21(13-16)29-7-3/h9-10,12-15H,5-8,11H2,1-4H3,(H,26,27)/b25-15+. The van der Waals surface area contributed by atoms with Crippen LogP contribution in [-0.2, 0) is 0 Å². The molecule has 31 heavy (non-hydrogen) atoms. The number of hydrazone groups is 1. The SMILES string of the molecule is CCCOc1ccc(C(=O)N/N=C/c2cc(I)c(OCC)c(OCC)c2)cc1OCC. The van der Waals surface area contributed by atoms with Gasteiger partial charge >= 0.3 is 0 Å². The van der Waals surface area contributed by atoms with Gasteiger partial charge in [-0.3, -0.25) is 4.79 Å². The van der Waals surface area contributed by atoms with E-state index in [1.165, 1.54) is 0 Å². The average molecular weight is 540 g/mol. The molecule has 0 atom stereocenters. The van der Waals surface area contributed by atoms with E-state index in [4.69, 9.17) is 18.9 Å². The molecule has 7 nitrogen and oxygen atoms in total. The van der Waals surface area contributed by atoms with E-state index >= 15 is 0 Å². The summed E-state index contributed by atoms with van der Waals surface area (Å²) in [5.41, 5.74) is 3.77. The molecule has 0 spiro atoms. The molecule has 168 valence electrons. The highest BCUT2D eigenvalue weighted by Gasteiger charge is 2.13. The van der Waals surface area contributed by atoms with Crippen LogP contribution in [0.2, 0.25) is 0 Å². The number of carbonyl (C=O) groups is 1. The number of hydrogen-bond donors (Lipinski definition) is 1. The molecule has 2 aromatic carbocycles. The van der Waals surface area contributed by atoms with E-state index in [2.05, 4.69) is 33.1 Å². The lowest BCUT2D eigenvalue weighted by atomic mass is 10.2. The van der Waals surface area contributed by atoms with Gasteiger partial charge in [-0.25, -0.2) is 5.43 Å². The molecule has 2 aromatic rings. The molecule has 0 bridgehead atoms. The number of nitrogens with zero attached hydrogens (tertiary/aromatic N) is 1. The first-order valence-corrected chi connectivity index (χ1v) is 11.4. The molecule has 0 aliphatic rings. The zero-order valence-electron chi connectivity index (χ0n) is 18.4. The molecule has 0 fully saturated rings. The van der Waals surface area contributed by atoms with E-state index in [-0.39, 0.29) is 5.91 Å². The van der Waals surface area contributed by atoms with Crippen molar-refractivity contribution in [1.82, 2.24) is 5.43 Å². The molecule has 0 unspecified atom stereocenters. The van der Waals surface area contributed by atoms with Gasteiger partial charge in [0.15, 0.2) is 23.0 Å². The Balaban J connectivity index is 2.13. The first kappa shape index (κ1) is 24.8. The van der Waals surface area contributed by atoms with Crippen molar-refractivity contribution in [3.8, 4) is 23.0 Å². The molecule has 0 aliphatic carbocycles. The minimum absolute atomic E-state index is 0.343. The third kappa shape index (κ3) is 7.30. The number of ether oxygens (including phenoxy) is 4. The van der Waals surface area contributed by atoms with Crippen LogP contribution < -0.4 is 24.4 Å². The van der Waals surface area contributed by atoms with E-state index < -0.39 is 0 Å². The van der Waals surface area contributed by atoms with Crippen molar-refractivity contribution < 1.29 is 23.7 Å². The van der Waals surface area contributed by atoms with Crippen molar-refractivity contribution in [3.63, 3.8) is 0 Å². The summed E-state index contributed by atoms with van der Waals surface area (Å²) in [5.74, 6) is 2.17. The highest BCUT2D eigenvalue weighted by molar-refractivity contribution is 14.1. The summed E-state index contributed by atoms with van der Waals surface area (Å²) < 4.78 is 23.5. The summed E-state index contributed by atoms with van der Waals surface area (Å²) in [7, 11) is 0. The van der Waals surface area contributed by atoms with Gasteiger partial charge in [-0.2, -0.15) is 5.10 Å². The lowest BCUT2D eigenvalue weighted by Gasteiger charge is -2.13. The molecule has 1 N–H and O–H groups in total. The van der Waals surface area contributed by atoms with Gasteiger partial charge in [-0.15, -0.1) is 0 Å². The molecule has 0 aliphatic heterocycles. The number of carbonyl (C=O) groups excluding carboxylic acids is 1. The van der Waals surface area contributed by atoms with Crippen LogP contribution in [0.5, 0.6) is 23.0 Å². The minimum atomic E-state index is -0.343.